The first-order chi connectivity index (χ1) is 16.9. The number of aliphatic hydroxyl groups is 1. The second-order valence-electron chi connectivity index (χ2n) is 4.96. The van der Waals surface area contributed by atoms with Gasteiger partial charge in [-0.1, -0.05) is 24.2 Å². The number of allylic oxidation sites excluding steroid dienone is 3. The van der Waals surface area contributed by atoms with Crippen molar-refractivity contribution in [3.8, 4) is 23.0 Å². The predicted molar refractivity (Wildman–Crippen MR) is 103 cm³/mol. The molecule has 6 heteroatoms. The molecular formula is C21H20O6. The maximum atomic E-state index is 12.4. The van der Waals surface area contributed by atoms with Crippen molar-refractivity contribution in [1.29, 1.82) is 0 Å². The molecule has 2 aromatic rings. The third-order valence-corrected chi connectivity index (χ3v) is 3.07. The van der Waals surface area contributed by atoms with E-state index in [4.69, 9.17) is 13.7 Å². The van der Waals surface area contributed by atoms with Crippen molar-refractivity contribution in [3.05, 3.63) is 71.5 Å². The Hall–Kier alpha value is -3.67. The van der Waals surface area contributed by atoms with E-state index in [0.29, 0.717) is 6.08 Å². The van der Waals surface area contributed by atoms with Gasteiger partial charge in [-0.2, -0.15) is 0 Å². The molecular weight excluding hydrogens is 348 g/mol. The second kappa shape index (κ2) is 9.15. The minimum Gasteiger partial charge on any atom is -0.508 e. The van der Waals surface area contributed by atoms with Crippen LogP contribution in [-0.4, -0.2) is 35.2 Å². The van der Waals surface area contributed by atoms with Gasteiger partial charge in [0.2, 0.25) is 0 Å². The number of benzene rings is 2. The molecule has 0 heterocycles. The largest absolute Gasteiger partial charge is 0.508 e. The van der Waals surface area contributed by atoms with E-state index in [9.17, 15) is 20.1 Å². The Bertz CT molecular complexity index is 1290. The Labute approximate surface area is 171 Å². The minimum absolute atomic E-state index is 0.150. The van der Waals surface area contributed by atoms with Gasteiger partial charge in [-0.25, -0.2) is 0 Å². The number of aromatic hydroxyl groups is 2. The van der Waals surface area contributed by atoms with Gasteiger partial charge in [-0.3, -0.25) is 4.79 Å². The lowest BCUT2D eigenvalue weighted by molar-refractivity contribution is -0.110. The van der Waals surface area contributed by atoms with Crippen molar-refractivity contribution in [2.45, 2.75) is 0 Å². The second-order valence-corrected chi connectivity index (χ2v) is 4.96. The summed E-state index contributed by atoms with van der Waals surface area (Å²) in [6, 6.07) is 2.82. The summed E-state index contributed by atoms with van der Waals surface area (Å²) in [5, 5.41) is 29.6. The lowest BCUT2D eigenvalue weighted by Gasteiger charge is -2.03. The number of hydrogen-bond acceptors (Lipinski definition) is 6. The predicted octanol–water partition coefficient (Wildman–Crippen LogP) is 3.85. The SMILES string of the molecule is [2H]C(C(=O)C=C(O)C([2H])=C([2H])c1ccc(O)c(OC([2H])([2H])[2H])c1)=C([2H])c1ccc(O)c(OC([2H])([2H])[2H])c1. The molecule has 0 unspecified atom stereocenters. The molecule has 2 aromatic carbocycles. The molecule has 0 aliphatic rings. The normalized spacial score (nSPS) is 19.6. The van der Waals surface area contributed by atoms with E-state index in [-0.39, 0.29) is 11.1 Å². The Morgan fingerprint density at radius 1 is 0.963 bits per heavy atom. The number of ketones is 1. The van der Waals surface area contributed by atoms with Crippen molar-refractivity contribution >= 4 is 17.9 Å². The molecule has 0 aliphatic carbocycles. The summed E-state index contributed by atoms with van der Waals surface area (Å²) in [5.74, 6) is -4.45. The highest BCUT2D eigenvalue weighted by atomic mass is 16.5. The zero-order valence-electron chi connectivity index (χ0n) is 23.6. The number of methoxy groups -OCH3 is 2. The van der Waals surface area contributed by atoms with Crippen LogP contribution >= 0.6 is 0 Å². The number of rotatable bonds is 7. The number of aliphatic hydroxyl groups excluding tert-OH is 1. The molecule has 3 N–H and O–H groups in total. The molecule has 0 saturated heterocycles. The van der Waals surface area contributed by atoms with E-state index >= 15 is 0 Å². The van der Waals surface area contributed by atoms with Crippen molar-refractivity contribution in [2.75, 3.05) is 14.1 Å². The van der Waals surface area contributed by atoms with E-state index in [2.05, 4.69) is 9.47 Å². The van der Waals surface area contributed by atoms with E-state index < -0.39 is 72.8 Å². The van der Waals surface area contributed by atoms with Crippen molar-refractivity contribution in [3.63, 3.8) is 0 Å². The summed E-state index contributed by atoms with van der Waals surface area (Å²) in [4.78, 5) is 12.4. The van der Waals surface area contributed by atoms with Gasteiger partial charge in [-0.15, -0.1) is 0 Å². The summed E-state index contributed by atoms with van der Waals surface area (Å²) in [7, 11) is -5.83. The molecule has 0 spiro atoms. The smallest absolute Gasteiger partial charge is 0.182 e. The third kappa shape index (κ3) is 5.67. The van der Waals surface area contributed by atoms with Gasteiger partial charge in [-0.05, 0) is 47.5 Å². The molecule has 0 atom stereocenters. The molecule has 6 nitrogen and oxygen atoms in total. The van der Waals surface area contributed by atoms with E-state index in [0.717, 1.165) is 36.4 Å². The fourth-order valence-electron chi connectivity index (χ4n) is 1.81. The zero-order chi connectivity index (χ0) is 28.3. The topological polar surface area (TPSA) is 96.2 Å². The van der Waals surface area contributed by atoms with Crippen molar-refractivity contribution in [2.24, 2.45) is 0 Å². The van der Waals surface area contributed by atoms with Gasteiger partial charge in [0.05, 0.1) is 27.8 Å². The Kier molecular flexibility index (Phi) is 3.34. The fourth-order valence-corrected chi connectivity index (χ4v) is 1.81. The summed E-state index contributed by atoms with van der Waals surface area (Å²) >= 11 is 0. The highest BCUT2D eigenvalue weighted by Crippen LogP contribution is 2.27. The van der Waals surface area contributed by atoms with Crippen LogP contribution in [0.4, 0.5) is 0 Å². The Balaban J connectivity index is 2.39. The first-order valence-electron chi connectivity index (χ1n) is 12.2. The molecule has 2 rings (SSSR count). The fraction of sp³-hybridized carbons (Fsp3) is 0.0952. The monoisotopic (exact) mass is 378 g/mol. The number of phenols is 2. The molecule has 0 saturated carbocycles. The number of ether oxygens (including phenoxy) is 2. The molecule has 0 amide bonds. The molecule has 0 fully saturated rings. The van der Waals surface area contributed by atoms with Crippen LogP contribution in [0.25, 0.3) is 12.1 Å². The highest BCUT2D eigenvalue weighted by molar-refractivity contribution is 6.02. The maximum absolute atomic E-state index is 12.4. The van der Waals surface area contributed by atoms with E-state index in [1.54, 1.807) is 0 Å². The van der Waals surface area contributed by atoms with Crippen LogP contribution in [0.15, 0.2) is 60.3 Å². The quantitative estimate of drug-likeness (QED) is 0.385. The van der Waals surface area contributed by atoms with Gasteiger partial charge in [0.25, 0.3) is 0 Å². The van der Waals surface area contributed by atoms with Crippen molar-refractivity contribution < 1.29 is 43.3 Å². The summed E-state index contributed by atoms with van der Waals surface area (Å²) < 4.78 is 83.8. The van der Waals surface area contributed by atoms with Crippen LogP contribution < -0.4 is 9.47 Å². The Morgan fingerprint density at radius 2 is 1.48 bits per heavy atom. The average Bonchev–Trinajstić information content (AvgIpc) is 2.78. The van der Waals surface area contributed by atoms with Crippen molar-refractivity contribution in [1.82, 2.24) is 0 Å². The average molecular weight is 378 g/mol. The number of phenolic OH excluding ortho intramolecular Hbond substituents is 2. The molecule has 140 valence electrons. The summed E-state index contributed by atoms with van der Waals surface area (Å²) in [5.41, 5.74) is -0.319. The molecule has 0 aromatic heterocycles. The first-order valence-corrected chi connectivity index (χ1v) is 7.24. The van der Waals surface area contributed by atoms with E-state index in [1.807, 2.05) is 0 Å². The lowest BCUT2D eigenvalue weighted by atomic mass is 10.1. The lowest BCUT2D eigenvalue weighted by Crippen LogP contribution is -1.89. The highest BCUT2D eigenvalue weighted by Gasteiger charge is 2.02. The first kappa shape index (κ1) is 9.87. The molecule has 0 bridgehead atoms. The number of hydrogen-bond donors (Lipinski definition) is 3. The molecule has 0 radical (unpaired) electrons. The summed E-state index contributed by atoms with van der Waals surface area (Å²) in [6.45, 7) is 0. The van der Waals surface area contributed by atoms with Gasteiger partial charge in [0, 0.05) is 6.08 Å². The van der Waals surface area contributed by atoms with Gasteiger partial charge >= 0.3 is 0 Å². The van der Waals surface area contributed by atoms with Crippen LogP contribution in [0.5, 0.6) is 23.0 Å². The number of carbonyl (C=O) groups excluding carboxylic acids is 1. The summed E-state index contributed by atoms with van der Waals surface area (Å²) in [6.07, 6.45) is 0.411. The Morgan fingerprint density at radius 3 is 2.00 bits per heavy atom. The molecule has 0 aliphatic heterocycles. The number of carbonyl (C=O) groups is 1. The minimum atomic E-state index is -2.92. The van der Waals surface area contributed by atoms with Crippen LogP contribution in [0.3, 0.4) is 0 Å². The third-order valence-electron chi connectivity index (χ3n) is 3.07. The maximum Gasteiger partial charge on any atom is 0.182 e. The van der Waals surface area contributed by atoms with E-state index in [1.165, 1.54) is 0 Å². The zero-order valence-corrected chi connectivity index (χ0v) is 13.6. The van der Waals surface area contributed by atoms with Gasteiger partial charge in [0.15, 0.2) is 28.8 Å². The molecule has 27 heavy (non-hydrogen) atoms. The standard InChI is InChI=1S/C21H20O6/c1-26-20-11-14(5-9-18(20)24)3-7-16(22)13-17(23)8-4-15-6-10-19(25)21(12-15)27-2/h3-13,22,24-25H,1-2H3/i1D3,2D3,3D,4D,7D,8D. The van der Waals surface area contributed by atoms with Crippen LogP contribution in [0, 0.1) is 0 Å². The van der Waals surface area contributed by atoms with Gasteiger partial charge in [0.1, 0.15) is 5.76 Å². The van der Waals surface area contributed by atoms with Gasteiger partial charge < -0.3 is 24.8 Å². The van der Waals surface area contributed by atoms with Crippen LogP contribution in [-0.2, 0) is 4.79 Å². The van der Waals surface area contributed by atoms with Crippen LogP contribution in [0.2, 0.25) is 0 Å². The van der Waals surface area contributed by atoms with Crippen LogP contribution in [0.1, 0.15) is 24.8 Å².